The fourth-order valence-corrected chi connectivity index (χ4v) is 14.8. The van der Waals surface area contributed by atoms with Crippen LogP contribution < -0.4 is 0 Å². The summed E-state index contributed by atoms with van der Waals surface area (Å²) in [6.45, 7) is 1.10. The van der Waals surface area contributed by atoms with E-state index in [1.54, 1.807) is 6.04 Å². The Morgan fingerprint density at radius 1 is 1.75 bits per heavy atom. The van der Waals surface area contributed by atoms with Crippen molar-refractivity contribution in [2.75, 3.05) is 6.61 Å². The summed E-state index contributed by atoms with van der Waals surface area (Å²) in [6.07, 6.45) is 1.37. The molecule has 0 aromatic heterocycles. The van der Waals surface area contributed by atoms with Crippen LogP contribution in [0.15, 0.2) is 0 Å². The van der Waals surface area contributed by atoms with Crippen molar-refractivity contribution in [3.8, 4) is 0 Å². The van der Waals surface area contributed by atoms with Crippen molar-refractivity contribution in [3.63, 3.8) is 0 Å². The van der Waals surface area contributed by atoms with Gasteiger partial charge in [-0.25, -0.2) is 10.7 Å². The first-order valence-electron chi connectivity index (χ1n) is 3.04. The van der Waals surface area contributed by atoms with E-state index in [9.17, 15) is 0 Å². The smallest absolute Gasteiger partial charge is 0.158 e. The summed E-state index contributed by atoms with van der Waals surface area (Å²) in [4.78, 5) is 0. The summed E-state index contributed by atoms with van der Waals surface area (Å²) in [6, 6.07) is 1.58. The van der Waals surface area contributed by atoms with Crippen molar-refractivity contribution >= 4 is 36.8 Å². The second-order valence-electron chi connectivity index (χ2n) is 2.07. The van der Waals surface area contributed by atoms with E-state index in [0.717, 1.165) is 6.61 Å². The lowest BCUT2D eigenvalue weighted by atomic mass is 10.5. The number of hydrogen-bond acceptors (Lipinski definition) is 2. The monoisotopic (exact) mass is 180 g/mol. The predicted octanol–water partition coefficient (Wildman–Crippen LogP) is -1.28. The summed E-state index contributed by atoms with van der Waals surface area (Å²) in [7, 11) is 3.47. The second-order valence-corrected chi connectivity index (χ2v) is 18.5. The van der Waals surface area contributed by atoms with Gasteiger partial charge in [0, 0.05) is 6.61 Å². The van der Waals surface area contributed by atoms with Crippen LogP contribution in [0.4, 0.5) is 0 Å². The lowest BCUT2D eigenvalue weighted by Gasteiger charge is -2.17. The van der Waals surface area contributed by atoms with Crippen LogP contribution in [0.25, 0.3) is 0 Å². The average molecular weight is 180 g/mol. The molecule has 1 unspecified atom stereocenters. The fraction of sp³-hybridized carbons (Fsp3) is 1.00. The summed E-state index contributed by atoms with van der Waals surface area (Å²) >= 11 is 0. The van der Waals surface area contributed by atoms with Crippen LogP contribution in [0.3, 0.4) is 0 Å². The van der Waals surface area contributed by atoms with Crippen LogP contribution in [-0.2, 0) is 4.43 Å². The zero-order chi connectivity index (χ0) is 5.82. The molecule has 48 valence electrons. The standard InChI is InChI=1S/C3H12OSSi3/c6-5-8-3-1-2-4-7-8/h8H,1-3,7H2,6H3. The Morgan fingerprint density at radius 2 is 2.62 bits per heavy atom. The lowest BCUT2D eigenvalue weighted by Crippen LogP contribution is -2.26. The minimum absolute atomic E-state index is 0.0590. The van der Waals surface area contributed by atoms with Crippen LogP contribution >= 0.6 is 10.7 Å². The molecular weight excluding hydrogens is 168 g/mol. The molecule has 1 heterocycles. The van der Waals surface area contributed by atoms with Crippen LogP contribution in [0.5, 0.6) is 0 Å². The number of rotatable bonds is 1. The Morgan fingerprint density at radius 3 is 3.00 bits per heavy atom. The van der Waals surface area contributed by atoms with E-state index in [1.165, 1.54) is 15.8 Å². The predicted molar refractivity (Wildman–Crippen MR) is 48.6 cm³/mol. The van der Waals surface area contributed by atoms with Crippen molar-refractivity contribution in [1.82, 2.24) is 0 Å². The van der Waals surface area contributed by atoms with Gasteiger partial charge in [-0.05, 0) is 12.5 Å². The molecule has 1 atom stereocenters. The Kier molecular flexibility index (Phi) is 3.44. The van der Waals surface area contributed by atoms with Gasteiger partial charge in [-0.3, -0.25) is 0 Å². The highest BCUT2D eigenvalue weighted by Crippen LogP contribution is 2.11. The maximum atomic E-state index is 5.47. The van der Waals surface area contributed by atoms with Gasteiger partial charge in [-0.1, -0.05) is 0 Å². The molecule has 0 amide bonds. The van der Waals surface area contributed by atoms with Gasteiger partial charge in [-0.2, -0.15) is 0 Å². The van der Waals surface area contributed by atoms with E-state index >= 15 is 0 Å². The molecule has 0 saturated carbocycles. The zero-order valence-corrected chi connectivity index (χ0v) is 10.6. The van der Waals surface area contributed by atoms with E-state index in [2.05, 4.69) is 10.7 Å². The molecule has 1 saturated heterocycles. The van der Waals surface area contributed by atoms with Crippen LogP contribution in [0.1, 0.15) is 6.42 Å². The van der Waals surface area contributed by atoms with Gasteiger partial charge in [-0.15, -0.1) is 0 Å². The molecule has 0 aliphatic carbocycles. The quantitative estimate of drug-likeness (QED) is 0.465. The van der Waals surface area contributed by atoms with E-state index < -0.39 is 0 Å². The Bertz CT molecular complexity index is 65.5. The van der Waals surface area contributed by atoms with E-state index in [0.29, 0.717) is 0 Å². The molecule has 5 heteroatoms. The topological polar surface area (TPSA) is 9.23 Å². The van der Waals surface area contributed by atoms with Crippen LogP contribution in [0.2, 0.25) is 6.04 Å². The van der Waals surface area contributed by atoms with Gasteiger partial charge < -0.3 is 4.43 Å². The van der Waals surface area contributed by atoms with Gasteiger partial charge >= 0.3 is 0 Å². The van der Waals surface area contributed by atoms with Crippen molar-refractivity contribution in [2.24, 2.45) is 0 Å². The molecule has 1 aliphatic heterocycles. The first kappa shape index (κ1) is 7.07. The minimum Gasteiger partial charge on any atom is -0.427 e. The largest absolute Gasteiger partial charge is 0.427 e. The second kappa shape index (κ2) is 3.89. The summed E-state index contributed by atoms with van der Waals surface area (Å²) in [5.41, 5.74) is 0. The van der Waals surface area contributed by atoms with Crippen molar-refractivity contribution < 1.29 is 4.43 Å². The van der Waals surface area contributed by atoms with E-state index in [1.807, 2.05) is 0 Å². The zero-order valence-electron chi connectivity index (χ0n) is 5.22. The molecule has 0 spiro atoms. The Balaban J connectivity index is 2.13. The van der Waals surface area contributed by atoms with Crippen molar-refractivity contribution in [2.45, 2.75) is 12.5 Å². The maximum Gasteiger partial charge on any atom is 0.158 e. The molecule has 1 fully saturated rings. The average Bonchev–Trinajstić information content (AvgIpc) is 1.90. The highest BCUT2D eigenvalue weighted by atomic mass is 32.5. The molecule has 0 aromatic rings. The highest BCUT2D eigenvalue weighted by molar-refractivity contribution is 8.44. The molecule has 1 aliphatic rings. The summed E-state index contributed by atoms with van der Waals surface area (Å²) in [5, 5.41) is 0. The Hall–Kier alpha value is 0.961. The molecule has 1 rings (SSSR count). The van der Waals surface area contributed by atoms with Gasteiger partial charge in [0.25, 0.3) is 0 Å². The third kappa shape index (κ3) is 2.06. The molecule has 0 aromatic carbocycles. The van der Waals surface area contributed by atoms with Gasteiger partial charge in [0.2, 0.25) is 0 Å². The molecule has 0 radical (unpaired) electrons. The first-order chi connectivity index (χ1) is 3.93. The van der Waals surface area contributed by atoms with Crippen molar-refractivity contribution in [3.05, 3.63) is 0 Å². The third-order valence-corrected chi connectivity index (χ3v) is 26.0. The fourth-order valence-electron chi connectivity index (χ4n) is 0.897. The van der Waals surface area contributed by atoms with E-state index in [4.69, 9.17) is 4.43 Å². The third-order valence-electron chi connectivity index (χ3n) is 1.45. The molecule has 1 nitrogen and oxygen atoms in total. The summed E-state index contributed by atoms with van der Waals surface area (Å²) < 4.78 is 5.47. The molecule has 0 bridgehead atoms. The molecule has 0 N–H and O–H groups in total. The van der Waals surface area contributed by atoms with Crippen LogP contribution in [-0.4, -0.2) is 32.7 Å². The number of hydrogen-bond donors (Lipinski definition) is 0. The van der Waals surface area contributed by atoms with Gasteiger partial charge in [0.15, 0.2) is 9.28 Å². The molecule has 8 heavy (non-hydrogen) atoms. The highest BCUT2D eigenvalue weighted by Gasteiger charge is 2.13. The normalized spacial score (nSPS) is 33.8. The van der Waals surface area contributed by atoms with Gasteiger partial charge in [0.1, 0.15) is 7.46 Å². The van der Waals surface area contributed by atoms with Gasteiger partial charge in [0.05, 0.1) is 9.39 Å². The first-order valence-corrected chi connectivity index (χ1v) is 12.8. The minimum atomic E-state index is -0.210. The summed E-state index contributed by atoms with van der Waals surface area (Å²) in [5.74, 6) is 0. The Labute approximate surface area is 60.6 Å². The van der Waals surface area contributed by atoms with Crippen LogP contribution in [0, 0.1) is 0 Å². The molecular formula is C3H12OSSi3. The van der Waals surface area contributed by atoms with Crippen molar-refractivity contribution in [1.29, 1.82) is 0 Å². The van der Waals surface area contributed by atoms with E-state index in [-0.39, 0.29) is 16.7 Å². The lowest BCUT2D eigenvalue weighted by molar-refractivity contribution is 0.336. The SMILES string of the molecule is [SiH3]S[SiH]1CCCO[SiH2]1. The maximum absolute atomic E-state index is 5.47.